The van der Waals surface area contributed by atoms with E-state index in [2.05, 4.69) is 15.3 Å². The summed E-state index contributed by atoms with van der Waals surface area (Å²) in [5.41, 5.74) is 1.48. The van der Waals surface area contributed by atoms with E-state index in [-0.39, 0.29) is 12.3 Å². The summed E-state index contributed by atoms with van der Waals surface area (Å²) in [6.07, 6.45) is 3.38. The second-order valence-electron chi connectivity index (χ2n) is 3.73. The summed E-state index contributed by atoms with van der Waals surface area (Å²) in [5, 5.41) is 3.76. The Hall–Kier alpha value is -1.52. The molecule has 0 spiro atoms. The Labute approximate surface area is 114 Å². The Bertz CT molecular complexity index is 520. The molecule has 0 aliphatic heterocycles. The maximum absolute atomic E-state index is 11.7. The number of carbonyl (C=O) groups excluding carboxylic acids is 1. The van der Waals surface area contributed by atoms with Crippen LogP contribution in [0.25, 0.3) is 0 Å². The molecule has 1 amide bonds. The lowest BCUT2D eigenvalue weighted by atomic mass is 10.1. The van der Waals surface area contributed by atoms with Gasteiger partial charge in [0, 0.05) is 16.2 Å². The summed E-state index contributed by atoms with van der Waals surface area (Å²) in [5.74, 6) is -0.139. The molecule has 2 aromatic rings. The molecule has 0 fully saturated rings. The van der Waals surface area contributed by atoms with Gasteiger partial charge in [0.1, 0.15) is 0 Å². The Kier molecular flexibility index (Phi) is 4.23. The van der Waals surface area contributed by atoms with Gasteiger partial charge in [0.25, 0.3) is 0 Å². The lowest BCUT2D eigenvalue weighted by molar-refractivity contribution is -0.120. The highest BCUT2D eigenvalue weighted by Crippen LogP contribution is 2.24. The third-order valence-corrected chi connectivity index (χ3v) is 3.14. The van der Waals surface area contributed by atoms with Gasteiger partial charge in [-0.2, -0.15) is 0 Å². The number of aromatic amines is 1. The van der Waals surface area contributed by atoms with Gasteiger partial charge in [0.05, 0.1) is 25.0 Å². The summed E-state index contributed by atoms with van der Waals surface area (Å²) >= 11 is 12.0. The van der Waals surface area contributed by atoms with Crippen LogP contribution in [0.5, 0.6) is 0 Å². The van der Waals surface area contributed by atoms with Crippen LogP contribution in [0.3, 0.4) is 0 Å². The van der Waals surface area contributed by atoms with E-state index in [1.165, 1.54) is 0 Å². The SMILES string of the molecule is O=C(Cc1c(Cl)cccc1Cl)NCc1cnc[nH]1. The number of hydrogen-bond donors (Lipinski definition) is 2. The summed E-state index contributed by atoms with van der Waals surface area (Å²) < 4.78 is 0. The molecule has 0 atom stereocenters. The van der Waals surface area contributed by atoms with Crippen LogP contribution in [0.4, 0.5) is 0 Å². The van der Waals surface area contributed by atoms with E-state index >= 15 is 0 Å². The molecule has 1 aromatic heterocycles. The highest BCUT2D eigenvalue weighted by Gasteiger charge is 2.10. The smallest absolute Gasteiger partial charge is 0.224 e. The molecule has 0 bridgehead atoms. The molecule has 0 unspecified atom stereocenters. The van der Waals surface area contributed by atoms with Gasteiger partial charge in [-0.1, -0.05) is 29.3 Å². The summed E-state index contributed by atoms with van der Waals surface area (Å²) in [6, 6.07) is 5.17. The number of carbonyl (C=O) groups is 1. The van der Waals surface area contributed by atoms with Crippen molar-refractivity contribution in [2.45, 2.75) is 13.0 Å². The molecule has 2 N–H and O–H groups in total. The van der Waals surface area contributed by atoms with Gasteiger partial charge >= 0.3 is 0 Å². The molecular weight excluding hydrogens is 273 g/mol. The number of amides is 1. The number of benzene rings is 1. The summed E-state index contributed by atoms with van der Waals surface area (Å²) in [6.45, 7) is 0.404. The highest BCUT2D eigenvalue weighted by molar-refractivity contribution is 6.36. The minimum Gasteiger partial charge on any atom is -0.350 e. The molecule has 0 saturated carbocycles. The summed E-state index contributed by atoms with van der Waals surface area (Å²) in [4.78, 5) is 18.5. The molecule has 4 nitrogen and oxygen atoms in total. The van der Waals surface area contributed by atoms with Crippen molar-refractivity contribution in [2.24, 2.45) is 0 Å². The lowest BCUT2D eigenvalue weighted by Crippen LogP contribution is -2.24. The van der Waals surface area contributed by atoms with Gasteiger partial charge in [-0.3, -0.25) is 4.79 Å². The number of nitrogens with zero attached hydrogens (tertiary/aromatic N) is 1. The van der Waals surface area contributed by atoms with Crippen molar-refractivity contribution in [3.05, 3.63) is 52.0 Å². The van der Waals surface area contributed by atoms with Crippen molar-refractivity contribution in [1.29, 1.82) is 0 Å². The number of nitrogens with one attached hydrogen (secondary N) is 2. The van der Waals surface area contributed by atoms with E-state index in [9.17, 15) is 4.79 Å². The first-order valence-electron chi connectivity index (χ1n) is 5.33. The van der Waals surface area contributed by atoms with Gasteiger partial charge < -0.3 is 10.3 Å². The fourth-order valence-electron chi connectivity index (χ4n) is 1.50. The Balaban J connectivity index is 1.95. The van der Waals surface area contributed by atoms with Crippen LogP contribution < -0.4 is 5.32 Å². The molecule has 0 aliphatic carbocycles. The molecule has 18 heavy (non-hydrogen) atoms. The third-order valence-electron chi connectivity index (χ3n) is 2.43. The van der Waals surface area contributed by atoms with Crippen molar-refractivity contribution in [2.75, 3.05) is 0 Å². The number of imidazole rings is 1. The topological polar surface area (TPSA) is 57.8 Å². The summed E-state index contributed by atoms with van der Waals surface area (Å²) in [7, 11) is 0. The van der Waals surface area contributed by atoms with Crippen LogP contribution in [0, 0.1) is 0 Å². The van der Waals surface area contributed by atoms with E-state index in [0.717, 1.165) is 5.69 Å². The van der Waals surface area contributed by atoms with Crippen molar-refractivity contribution >= 4 is 29.1 Å². The fourth-order valence-corrected chi connectivity index (χ4v) is 2.03. The quantitative estimate of drug-likeness (QED) is 0.906. The van der Waals surface area contributed by atoms with Crippen molar-refractivity contribution in [3.8, 4) is 0 Å². The van der Waals surface area contributed by atoms with Crippen LogP contribution in [0.1, 0.15) is 11.3 Å². The molecule has 0 aliphatic rings. The first-order valence-corrected chi connectivity index (χ1v) is 6.09. The molecule has 94 valence electrons. The van der Waals surface area contributed by atoms with E-state index in [0.29, 0.717) is 22.2 Å². The van der Waals surface area contributed by atoms with Gasteiger partial charge in [-0.25, -0.2) is 4.98 Å². The third kappa shape index (κ3) is 3.24. The van der Waals surface area contributed by atoms with E-state index in [1.54, 1.807) is 30.7 Å². The zero-order chi connectivity index (χ0) is 13.0. The number of rotatable bonds is 4. The van der Waals surface area contributed by atoms with Gasteiger partial charge in [0.2, 0.25) is 5.91 Å². The van der Waals surface area contributed by atoms with Crippen LogP contribution in [0.2, 0.25) is 10.0 Å². The Morgan fingerprint density at radius 3 is 2.67 bits per heavy atom. The predicted molar refractivity (Wildman–Crippen MR) is 70.6 cm³/mol. The van der Waals surface area contributed by atoms with Crippen LogP contribution in [0.15, 0.2) is 30.7 Å². The molecule has 1 heterocycles. The zero-order valence-electron chi connectivity index (χ0n) is 9.41. The minimum absolute atomic E-state index is 0.139. The first-order chi connectivity index (χ1) is 8.66. The second kappa shape index (κ2) is 5.89. The highest BCUT2D eigenvalue weighted by atomic mass is 35.5. The van der Waals surface area contributed by atoms with Gasteiger partial charge in [-0.05, 0) is 17.7 Å². The monoisotopic (exact) mass is 283 g/mol. The maximum Gasteiger partial charge on any atom is 0.224 e. The minimum atomic E-state index is -0.139. The normalized spacial score (nSPS) is 10.3. The number of aromatic nitrogens is 2. The van der Waals surface area contributed by atoms with E-state index in [4.69, 9.17) is 23.2 Å². The van der Waals surface area contributed by atoms with Crippen molar-refractivity contribution < 1.29 is 4.79 Å². The average Bonchev–Trinajstić information content (AvgIpc) is 2.84. The Morgan fingerprint density at radius 2 is 2.06 bits per heavy atom. The Morgan fingerprint density at radius 1 is 1.33 bits per heavy atom. The number of hydrogen-bond acceptors (Lipinski definition) is 2. The number of halogens is 2. The van der Waals surface area contributed by atoms with Crippen molar-refractivity contribution in [1.82, 2.24) is 15.3 Å². The van der Waals surface area contributed by atoms with E-state index in [1.807, 2.05) is 0 Å². The zero-order valence-corrected chi connectivity index (χ0v) is 10.9. The number of H-pyrrole nitrogens is 1. The largest absolute Gasteiger partial charge is 0.350 e. The molecule has 1 aromatic carbocycles. The second-order valence-corrected chi connectivity index (χ2v) is 4.54. The molecule has 2 rings (SSSR count). The first kappa shape index (κ1) is 12.9. The maximum atomic E-state index is 11.7. The van der Waals surface area contributed by atoms with Crippen LogP contribution in [-0.4, -0.2) is 15.9 Å². The van der Waals surface area contributed by atoms with Gasteiger partial charge in [-0.15, -0.1) is 0 Å². The van der Waals surface area contributed by atoms with Crippen LogP contribution >= 0.6 is 23.2 Å². The molecule has 6 heteroatoms. The van der Waals surface area contributed by atoms with E-state index < -0.39 is 0 Å². The lowest BCUT2D eigenvalue weighted by Gasteiger charge is -2.07. The molecule has 0 radical (unpaired) electrons. The molecule has 0 saturated heterocycles. The van der Waals surface area contributed by atoms with Gasteiger partial charge in [0.15, 0.2) is 0 Å². The van der Waals surface area contributed by atoms with Crippen LogP contribution in [-0.2, 0) is 17.8 Å². The molecular formula is C12H11Cl2N3O. The standard InChI is InChI=1S/C12H11Cl2N3O/c13-10-2-1-3-11(14)9(10)4-12(18)16-6-8-5-15-7-17-8/h1-3,5,7H,4,6H2,(H,15,17)(H,16,18). The fraction of sp³-hybridized carbons (Fsp3) is 0.167. The van der Waals surface area contributed by atoms with Crippen molar-refractivity contribution in [3.63, 3.8) is 0 Å². The average molecular weight is 284 g/mol. The predicted octanol–water partition coefficient (Wildman–Crippen LogP) is 2.58.